The highest BCUT2D eigenvalue weighted by molar-refractivity contribution is 9.10. The van der Waals surface area contributed by atoms with Gasteiger partial charge >= 0.3 is 0 Å². The van der Waals surface area contributed by atoms with Crippen molar-refractivity contribution in [2.75, 3.05) is 18.9 Å². The standard InChI is InChI=1S/C27H28BrN3O5S/c1-31(29-18-19-7-16-25(35-2)26(17-19)36-23-5-3-4-6-23)27(32)20-8-12-22(13-9-20)30-37(33,34)24-14-10-21(28)11-15-24/h7-18,23,30H,3-6H2,1-2H3. The summed E-state index contributed by atoms with van der Waals surface area (Å²) in [5.41, 5.74) is 1.48. The Morgan fingerprint density at radius 1 is 1.03 bits per heavy atom. The molecule has 0 bridgehead atoms. The topological polar surface area (TPSA) is 97.3 Å². The van der Waals surface area contributed by atoms with Crippen LogP contribution in [0.1, 0.15) is 41.6 Å². The second-order valence-electron chi connectivity index (χ2n) is 8.64. The number of rotatable bonds is 9. The van der Waals surface area contributed by atoms with Gasteiger partial charge in [-0.15, -0.1) is 0 Å². The van der Waals surface area contributed by atoms with E-state index >= 15 is 0 Å². The average molecular weight is 587 g/mol. The summed E-state index contributed by atoms with van der Waals surface area (Å²) in [4.78, 5) is 13.0. The van der Waals surface area contributed by atoms with Gasteiger partial charge in [-0.25, -0.2) is 13.4 Å². The van der Waals surface area contributed by atoms with Crippen LogP contribution >= 0.6 is 15.9 Å². The molecule has 37 heavy (non-hydrogen) atoms. The number of nitrogens with one attached hydrogen (secondary N) is 1. The van der Waals surface area contributed by atoms with Gasteiger partial charge in [0.2, 0.25) is 0 Å². The van der Waals surface area contributed by atoms with E-state index in [-0.39, 0.29) is 16.9 Å². The Morgan fingerprint density at radius 2 is 1.70 bits per heavy atom. The number of carbonyl (C=O) groups excluding carboxylic acids is 1. The summed E-state index contributed by atoms with van der Waals surface area (Å²) in [7, 11) is -0.581. The van der Waals surface area contributed by atoms with Crippen LogP contribution in [0.25, 0.3) is 0 Å². The average Bonchev–Trinajstić information content (AvgIpc) is 3.40. The Labute approximate surface area is 225 Å². The molecule has 0 radical (unpaired) electrons. The molecule has 1 amide bonds. The SMILES string of the molecule is COc1ccc(C=NN(C)C(=O)c2ccc(NS(=O)(=O)c3ccc(Br)cc3)cc2)cc1OC1CCCC1. The van der Waals surface area contributed by atoms with Gasteiger partial charge < -0.3 is 9.47 Å². The van der Waals surface area contributed by atoms with Crippen LogP contribution in [-0.2, 0) is 10.0 Å². The third kappa shape index (κ3) is 6.90. The molecular weight excluding hydrogens is 558 g/mol. The van der Waals surface area contributed by atoms with E-state index in [4.69, 9.17) is 9.47 Å². The molecule has 1 fully saturated rings. The van der Waals surface area contributed by atoms with Gasteiger partial charge in [-0.3, -0.25) is 9.52 Å². The van der Waals surface area contributed by atoms with Crippen LogP contribution in [0.15, 0.2) is 81.2 Å². The maximum absolute atomic E-state index is 12.8. The van der Waals surface area contributed by atoms with Crippen LogP contribution in [-0.4, -0.2) is 45.8 Å². The predicted octanol–water partition coefficient (Wildman–Crippen LogP) is 5.69. The van der Waals surface area contributed by atoms with Crippen LogP contribution in [0.5, 0.6) is 11.5 Å². The molecule has 1 N–H and O–H groups in total. The van der Waals surface area contributed by atoms with Gasteiger partial charge in [-0.2, -0.15) is 5.10 Å². The molecule has 1 aliphatic rings. The third-order valence-electron chi connectivity index (χ3n) is 5.97. The summed E-state index contributed by atoms with van der Waals surface area (Å²) < 4.78 is 40.0. The van der Waals surface area contributed by atoms with E-state index in [0.29, 0.717) is 22.7 Å². The molecule has 0 atom stereocenters. The molecule has 0 aliphatic heterocycles. The summed E-state index contributed by atoms with van der Waals surface area (Å²) in [5.74, 6) is 0.979. The number of ether oxygens (including phenoxy) is 2. The molecular formula is C27H28BrN3O5S. The lowest BCUT2D eigenvalue weighted by Gasteiger charge is -2.16. The van der Waals surface area contributed by atoms with Crippen LogP contribution in [0.3, 0.4) is 0 Å². The summed E-state index contributed by atoms with van der Waals surface area (Å²) in [5, 5.41) is 5.50. The maximum atomic E-state index is 12.8. The van der Waals surface area contributed by atoms with E-state index in [1.807, 2.05) is 18.2 Å². The first-order valence-corrected chi connectivity index (χ1v) is 14.1. The zero-order chi connectivity index (χ0) is 26.4. The summed E-state index contributed by atoms with van der Waals surface area (Å²) >= 11 is 3.29. The number of nitrogens with zero attached hydrogens (tertiary/aromatic N) is 2. The Kier molecular flexibility index (Phi) is 8.50. The monoisotopic (exact) mass is 585 g/mol. The highest BCUT2D eigenvalue weighted by Crippen LogP contribution is 2.32. The molecule has 3 aromatic carbocycles. The van der Waals surface area contributed by atoms with Crippen LogP contribution in [0.2, 0.25) is 0 Å². The predicted molar refractivity (Wildman–Crippen MR) is 147 cm³/mol. The third-order valence-corrected chi connectivity index (χ3v) is 7.89. The molecule has 10 heteroatoms. The van der Waals surface area contributed by atoms with Crippen molar-refractivity contribution in [2.45, 2.75) is 36.7 Å². The quantitative estimate of drug-likeness (QED) is 0.257. The fourth-order valence-corrected chi connectivity index (χ4v) is 5.28. The van der Waals surface area contributed by atoms with E-state index in [1.54, 1.807) is 44.6 Å². The largest absolute Gasteiger partial charge is 0.493 e. The van der Waals surface area contributed by atoms with Crippen LogP contribution in [0.4, 0.5) is 5.69 Å². The Hall–Kier alpha value is -3.37. The van der Waals surface area contributed by atoms with Gasteiger partial charge in [0.25, 0.3) is 15.9 Å². The highest BCUT2D eigenvalue weighted by Gasteiger charge is 2.19. The highest BCUT2D eigenvalue weighted by atomic mass is 79.9. The van der Waals surface area contributed by atoms with Crippen molar-refractivity contribution >= 4 is 43.8 Å². The molecule has 0 saturated heterocycles. The molecule has 194 valence electrons. The van der Waals surface area contributed by atoms with E-state index in [9.17, 15) is 13.2 Å². The fourth-order valence-electron chi connectivity index (χ4n) is 3.95. The van der Waals surface area contributed by atoms with Gasteiger partial charge in [-0.05, 0) is 98.0 Å². The second-order valence-corrected chi connectivity index (χ2v) is 11.2. The number of hydrogen-bond acceptors (Lipinski definition) is 6. The zero-order valence-corrected chi connectivity index (χ0v) is 23.0. The van der Waals surface area contributed by atoms with Gasteiger partial charge in [0.05, 0.1) is 24.3 Å². The first kappa shape index (κ1) is 26.7. The normalized spacial score (nSPS) is 14.0. The first-order chi connectivity index (χ1) is 17.7. The minimum absolute atomic E-state index is 0.139. The number of methoxy groups -OCH3 is 1. The maximum Gasteiger partial charge on any atom is 0.273 e. The van der Waals surface area contributed by atoms with Gasteiger partial charge in [0.15, 0.2) is 11.5 Å². The lowest BCUT2D eigenvalue weighted by atomic mass is 10.2. The molecule has 0 heterocycles. The number of sulfonamides is 1. The van der Waals surface area contributed by atoms with Crippen LogP contribution in [0, 0.1) is 0 Å². The molecule has 8 nitrogen and oxygen atoms in total. The first-order valence-electron chi connectivity index (χ1n) is 11.8. The zero-order valence-electron chi connectivity index (χ0n) is 20.6. The summed E-state index contributed by atoms with van der Waals surface area (Å²) in [6, 6.07) is 18.0. The van der Waals surface area contributed by atoms with Crippen molar-refractivity contribution < 1.29 is 22.7 Å². The number of anilines is 1. The van der Waals surface area contributed by atoms with E-state index in [0.717, 1.165) is 22.9 Å². The molecule has 0 aromatic heterocycles. The van der Waals surface area contributed by atoms with Gasteiger partial charge in [-0.1, -0.05) is 15.9 Å². The van der Waals surface area contributed by atoms with Crippen molar-refractivity contribution in [2.24, 2.45) is 5.10 Å². The minimum atomic E-state index is -3.74. The number of amides is 1. The lowest BCUT2D eigenvalue weighted by Crippen LogP contribution is -2.21. The number of halogens is 1. The molecule has 0 spiro atoms. The molecule has 4 rings (SSSR count). The van der Waals surface area contributed by atoms with Crippen LogP contribution < -0.4 is 14.2 Å². The van der Waals surface area contributed by atoms with E-state index in [2.05, 4.69) is 25.8 Å². The smallest absolute Gasteiger partial charge is 0.273 e. The molecule has 1 saturated carbocycles. The molecule has 0 unspecified atom stereocenters. The lowest BCUT2D eigenvalue weighted by molar-refractivity contribution is 0.0800. The van der Waals surface area contributed by atoms with Gasteiger partial charge in [0.1, 0.15) is 0 Å². The Balaban J connectivity index is 1.40. The van der Waals surface area contributed by atoms with Gasteiger partial charge in [0, 0.05) is 22.8 Å². The number of hydrazone groups is 1. The van der Waals surface area contributed by atoms with Crippen molar-refractivity contribution in [3.8, 4) is 11.5 Å². The number of benzene rings is 3. The number of carbonyl (C=O) groups is 1. The molecule has 3 aromatic rings. The minimum Gasteiger partial charge on any atom is -0.493 e. The van der Waals surface area contributed by atoms with Crippen molar-refractivity contribution in [1.82, 2.24) is 5.01 Å². The van der Waals surface area contributed by atoms with Crippen molar-refractivity contribution in [1.29, 1.82) is 0 Å². The summed E-state index contributed by atoms with van der Waals surface area (Å²) in [6.45, 7) is 0. The van der Waals surface area contributed by atoms with Crippen molar-refractivity contribution in [3.63, 3.8) is 0 Å². The number of hydrogen-bond donors (Lipinski definition) is 1. The van der Waals surface area contributed by atoms with Crippen molar-refractivity contribution in [3.05, 3.63) is 82.3 Å². The van der Waals surface area contributed by atoms with E-state index in [1.165, 1.54) is 42.1 Å². The fraction of sp³-hybridized carbons (Fsp3) is 0.259. The Bertz CT molecular complexity index is 1370. The Morgan fingerprint density at radius 3 is 2.35 bits per heavy atom. The second kappa shape index (κ2) is 11.8. The van der Waals surface area contributed by atoms with E-state index < -0.39 is 10.0 Å². The molecule has 1 aliphatic carbocycles. The summed E-state index contributed by atoms with van der Waals surface area (Å²) in [6.07, 6.45) is 6.16.